The molecule has 0 aromatic heterocycles. The maximum atomic E-state index is 10.8. The van der Waals surface area contributed by atoms with Gasteiger partial charge in [-0.25, -0.2) is 0 Å². The van der Waals surface area contributed by atoms with Crippen LogP contribution in [0.1, 0.15) is 25.8 Å². The van der Waals surface area contributed by atoms with Crippen molar-refractivity contribution in [2.24, 2.45) is 0 Å². The standard InChI is InChI=1S/C13H17N3O2/c1-3-11(8-18-9(2)17)16-13-5-4-10(7-14)6-12(13)15/h4-6,11,16H,3,8,15H2,1-2H3/t11-/m1/s1. The van der Waals surface area contributed by atoms with Crippen LogP contribution in [0.15, 0.2) is 18.2 Å². The molecule has 0 aliphatic rings. The summed E-state index contributed by atoms with van der Waals surface area (Å²) in [6, 6.07) is 7.09. The van der Waals surface area contributed by atoms with Crippen molar-refractivity contribution in [1.82, 2.24) is 0 Å². The summed E-state index contributed by atoms with van der Waals surface area (Å²) in [4.78, 5) is 10.8. The Hall–Kier alpha value is -2.22. The average Bonchev–Trinajstić information content (AvgIpc) is 2.35. The number of anilines is 2. The summed E-state index contributed by atoms with van der Waals surface area (Å²) >= 11 is 0. The van der Waals surface area contributed by atoms with E-state index in [4.69, 9.17) is 15.7 Å². The molecule has 5 heteroatoms. The summed E-state index contributed by atoms with van der Waals surface area (Å²) in [6.07, 6.45) is 0.798. The van der Waals surface area contributed by atoms with Gasteiger partial charge < -0.3 is 15.8 Å². The molecule has 0 unspecified atom stereocenters. The molecule has 0 radical (unpaired) electrons. The first kappa shape index (κ1) is 13.8. The van der Waals surface area contributed by atoms with E-state index in [1.165, 1.54) is 6.92 Å². The lowest BCUT2D eigenvalue weighted by atomic mass is 10.1. The fraction of sp³-hybridized carbons (Fsp3) is 0.385. The van der Waals surface area contributed by atoms with E-state index >= 15 is 0 Å². The molecule has 0 heterocycles. The highest BCUT2D eigenvalue weighted by Crippen LogP contribution is 2.21. The Morgan fingerprint density at radius 3 is 2.83 bits per heavy atom. The van der Waals surface area contributed by atoms with E-state index in [0.717, 1.165) is 12.1 Å². The number of carbonyl (C=O) groups is 1. The predicted octanol–water partition coefficient (Wildman–Crippen LogP) is 1.89. The topological polar surface area (TPSA) is 88.1 Å². The minimum absolute atomic E-state index is 0.00383. The third-order valence-electron chi connectivity index (χ3n) is 2.52. The van der Waals surface area contributed by atoms with Crippen molar-refractivity contribution in [2.75, 3.05) is 17.7 Å². The maximum absolute atomic E-state index is 10.8. The quantitative estimate of drug-likeness (QED) is 0.612. The third-order valence-corrected chi connectivity index (χ3v) is 2.52. The normalized spacial score (nSPS) is 11.4. The van der Waals surface area contributed by atoms with E-state index in [0.29, 0.717) is 17.9 Å². The molecule has 5 nitrogen and oxygen atoms in total. The minimum atomic E-state index is -0.303. The minimum Gasteiger partial charge on any atom is -0.464 e. The van der Waals surface area contributed by atoms with Crippen molar-refractivity contribution in [3.05, 3.63) is 23.8 Å². The van der Waals surface area contributed by atoms with Gasteiger partial charge in [-0.3, -0.25) is 4.79 Å². The molecule has 0 saturated heterocycles. The van der Waals surface area contributed by atoms with Crippen LogP contribution >= 0.6 is 0 Å². The van der Waals surface area contributed by atoms with Gasteiger partial charge in [0, 0.05) is 6.92 Å². The number of hydrogen-bond acceptors (Lipinski definition) is 5. The summed E-state index contributed by atoms with van der Waals surface area (Å²) in [7, 11) is 0. The number of benzene rings is 1. The molecule has 3 N–H and O–H groups in total. The van der Waals surface area contributed by atoms with Gasteiger partial charge in [0.25, 0.3) is 0 Å². The summed E-state index contributed by atoms with van der Waals surface area (Å²) in [5.74, 6) is -0.303. The van der Waals surface area contributed by atoms with E-state index in [1.54, 1.807) is 18.2 Å². The molecule has 0 aliphatic heterocycles. The van der Waals surface area contributed by atoms with Gasteiger partial charge in [-0.15, -0.1) is 0 Å². The second kappa shape index (κ2) is 6.50. The zero-order chi connectivity index (χ0) is 13.5. The summed E-state index contributed by atoms with van der Waals surface area (Å²) < 4.78 is 4.96. The molecule has 0 bridgehead atoms. The van der Waals surface area contributed by atoms with Crippen molar-refractivity contribution >= 4 is 17.3 Å². The van der Waals surface area contributed by atoms with Crippen LogP contribution in [-0.2, 0) is 9.53 Å². The first-order chi connectivity index (χ1) is 8.56. The van der Waals surface area contributed by atoms with Gasteiger partial charge >= 0.3 is 5.97 Å². The van der Waals surface area contributed by atoms with Gasteiger partial charge in [-0.05, 0) is 24.6 Å². The van der Waals surface area contributed by atoms with Crippen molar-refractivity contribution in [3.63, 3.8) is 0 Å². The van der Waals surface area contributed by atoms with E-state index in [1.807, 2.05) is 13.0 Å². The fourth-order valence-electron chi connectivity index (χ4n) is 1.46. The molecule has 1 atom stereocenters. The number of nitrogen functional groups attached to an aromatic ring is 1. The zero-order valence-corrected chi connectivity index (χ0v) is 10.6. The van der Waals surface area contributed by atoms with E-state index in [9.17, 15) is 4.79 Å². The number of nitrogens with zero attached hydrogens (tertiary/aromatic N) is 1. The Morgan fingerprint density at radius 2 is 2.33 bits per heavy atom. The number of hydrogen-bond donors (Lipinski definition) is 2. The highest BCUT2D eigenvalue weighted by atomic mass is 16.5. The van der Waals surface area contributed by atoms with Gasteiger partial charge in [-0.2, -0.15) is 5.26 Å². The number of nitrogens with one attached hydrogen (secondary N) is 1. The fourth-order valence-corrected chi connectivity index (χ4v) is 1.46. The average molecular weight is 247 g/mol. The zero-order valence-electron chi connectivity index (χ0n) is 10.6. The number of nitrogens with two attached hydrogens (primary N) is 1. The molecule has 1 rings (SSSR count). The lowest BCUT2D eigenvalue weighted by Gasteiger charge is -2.19. The molecule has 0 spiro atoms. The predicted molar refractivity (Wildman–Crippen MR) is 69.9 cm³/mol. The Balaban J connectivity index is 2.70. The van der Waals surface area contributed by atoms with Crippen molar-refractivity contribution < 1.29 is 9.53 Å². The second-order valence-electron chi connectivity index (χ2n) is 3.97. The van der Waals surface area contributed by atoms with Crippen LogP contribution in [0, 0.1) is 11.3 Å². The molecule has 0 amide bonds. The van der Waals surface area contributed by atoms with Crippen molar-refractivity contribution in [1.29, 1.82) is 5.26 Å². The molecular weight excluding hydrogens is 230 g/mol. The number of ether oxygens (including phenoxy) is 1. The number of esters is 1. The van der Waals surface area contributed by atoms with Crippen LogP contribution in [0.4, 0.5) is 11.4 Å². The third kappa shape index (κ3) is 3.98. The first-order valence-electron chi connectivity index (χ1n) is 5.76. The van der Waals surface area contributed by atoms with Gasteiger partial charge in [0.1, 0.15) is 6.61 Å². The SMILES string of the molecule is CC[C@H](COC(C)=O)Nc1ccc(C#N)cc1N. The van der Waals surface area contributed by atoms with Crippen LogP contribution in [0.5, 0.6) is 0 Å². The maximum Gasteiger partial charge on any atom is 0.302 e. The van der Waals surface area contributed by atoms with E-state index < -0.39 is 0 Å². The molecule has 18 heavy (non-hydrogen) atoms. The summed E-state index contributed by atoms with van der Waals surface area (Å²) in [6.45, 7) is 3.66. The van der Waals surface area contributed by atoms with Gasteiger partial charge in [0.2, 0.25) is 0 Å². The Kier molecular flexibility index (Phi) is 5.00. The van der Waals surface area contributed by atoms with Crippen molar-refractivity contribution in [3.8, 4) is 6.07 Å². The first-order valence-corrected chi connectivity index (χ1v) is 5.76. The van der Waals surface area contributed by atoms with Crippen LogP contribution in [0.3, 0.4) is 0 Å². The largest absolute Gasteiger partial charge is 0.464 e. The Labute approximate surface area is 107 Å². The van der Waals surface area contributed by atoms with Gasteiger partial charge in [0.05, 0.1) is 29.0 Å². The molecule has 0 aliphatic carbocycles. The van der Waals surface area contributed by atoms with Gasteiger partial charge in [0.15, 0.2) is 0 Å². The molecule has 0 saturated carbocycles. The Morgan fingerprint density at radius 1 is 1.61 bits per heavy atom. The van der Waals surface area contributed by atoms with Crippen LogP contribution in [-0.4, -0.2) is 18.6 Å². The highest BCUT2D eigenvalue weighted by Gasteiger charge is 2.10. The number of rotatable bonds is 5. The summed E-state index contributed by atoms with van der Waals surface area (Å²) in [5, 5.41) is 11.9. The molecular formula is C13H17N3O2. The molecule has 1 aromatic carbocycles. The van der Waals surface area contributed by atoms with E-state index in [2.05, 4.69) is 5.32 Å². The highest BCUT2D eigenvalue weighted by molar-refractivity contribution is 5.69. The number of nitriles is 1. The lowest BCUT2D eigenvalue weighted by molar-refractivity contribution is -0.141. The number of carbonyl (C=O) groups excluding carboxylic acids is 1. The van der Waals surface area contributed by atoms with Gasteiger partial charge in [-0.1, -0.05) is 6.92 Å². The van der Waals surface area contributed by atoms with Crippen LogP contribution in [0.2, 0.25) is 0 Å². The van der Waals surface area contributed by atoms with E-state index in [-0.39, 0.29) is 12.0 Å². The lowest BCUT2D eigenvalue weighted by Crippen LogP contribution is -2.26. The molecule has 96 valence electrons. The monoisotopic (exact) mass is 247 g/mol. The van der Waals surface area contributed by atoms with Crippen molar-refractivity contribution in [2.45, 2.75) is 26.3 Å². The molecule has 1 aromatic rings. The Bertz CT molecular complexity index is 466. The smallest absolute Gasteiger partial charge is 0.302 e. The second-order valence-corrected chi connectivity index (χ2v) is 3.97. The summed E-state index contributed by atoms with van der Waals surface area (Å²) in [5.41, 5.74) is 7.61. The van der Waals surface area contributed by atoms with Crippen LogP contribution in [0.25, 0.3) is 0 Å². The van der Waals surface area contributed by atoms with Crippen LogP contribution < -0.4 is 11.1 Å². The molecule has 0 fully saturated rings.